The number of thioether (sulfide) groups is 2. The van der Waals surface area contributed by atoms with Crippen LogP contribution in [0.15, 0.2) is 18.2 Å². The highest BCUT2D eigenvalue weighted by atomic mass is 32.2. The second-order valence-electron chi connectivity index (χ2n) is 6.16. The average Bonchev–Trinajstić information content (AvgIpc) is 2.63. The number of hydrogen-bond acceptors (Lipinski definition) is 5. The molecule has 2 aliphatic heterocycles. The smallest absolute Gasteiger partial charge is 0.228 e. The Morgan fingerprint density at radius 3 is 1.67 bits per heavy atom. The Labute approximate surface area is 151 Å². The number of aromatic nitrogens is 1. The third kappa shape index (κ3) is 4.89. The van der Waals surface area contributed by atoms with Crippen LogP contribution in [0.5, 0.6) is 0 Å². The van der Waals surface area contributed by atoms with E-state index in [1.165, 1.54) is 0 Å². The molecule has 2 amide bonds. The van der Waals surface area contributed by atoms with Gasteiger partial charge in [-0.25, -0.2) is 4.98 Å². The number of amides is 2. The lowest BCUT2D eigenvalue weighted by atomic mass is 10.0. The summed E-state index contributed by atoms with van der Waals surface area (Å²) in [7, 11) is 0. The van der Waals surface area contributed by atoms with E-state index in [9.17, 15) is 9.59 Å². The Morgan fingerprint density at radius 1 is 0.833 bits per heavy atom. The second-order valence-corrected chi connectivity index (χ2v) is 8.61. The molecule has 130 valence electrons. The van der Waals surface area contributed by atoms with Crippen LogP contribution in [0.2, 0.25) is 0 Å². The molecular weight excluding hydrogens is 342 g/mol. The minimum Gasteiger partial charge on any atom is -0.310 e. The molecule has 5 nitrogen and oxygen atoms in total. The number of carbonyl (C=O) groups excluding carboxylic acids is 2. The van der Waals surface area contributed by atoms with Gasteiger partial charge in [0.05, 0.1) is 0 Å². The van der Waals surface area contributed by atoms with Crippen molar-refractivity contribution in [2.24, 2.45) is 11.8 Å². The van der Waals surface area contributed by atoms with Crippen molar-refractivity contribution in [1.29, 1.82) is 0 Å². The number of anilines is 2. The predicted molar refractivity (Wildman–Crippen MR) is 102 cm³/mol. The second kappa shape index (κ2) is 8.76. The molecule has 0 aromatic carbocycles. The van der Waals surface area contributed by atoms with Gasteiger partial charge in [0.25, 0.3) is 0 Å². The lowest BCUT2D eigenvalue weighted by molar-refractivity contribution is -0.120. The Hall–Kier alpha value is -1.21. The van der Waals surface area contributed by atoms with Crippen molar-refractivity contribution in [3.63, 3.8) is 0 Å². The number of nitrogens with one attached hydrogen (secondary N) is 2. The van der Waals surface area contributed by atoms with Crippen molar-refractivity contribution in [3.8, 4) is 0 Å². The van der Waals surface area contributed by atoms with E-state index >= 15 is 0 Å². The van der Waals surface area contributed by atoms with Crippen molar-refractivity contribution in [2.75, 3.05) is 33.6 Å². The van der Waals surface area contributed by atoms with Crippen LogP contribution in [-0.4, -0.2) is 39.8 Å². The molecule has 0 aliphatic carbocycles. The van der Waals surface area contributed by atoms with Gasteiger partial charge < -0.3 is 10.6 Å². The zero-order valence-electron chi connectivity index (χ0n) is 13.6. The quantitative estimate of drug-likeness (QED) is 0.857. The molecule has 0 saturated carbocycles. The minimum absolute atomic E-state index is 0.0376. The lowest BCUT2D eigenvalue weighted by Crippen LogP contribution is -2.28. The van der Waals surface area contributed by atoms with Gasteiger partial charge in [0.1, 0.15) is 11.6 Å². The molecule has 3 heterocycles. The molecule has 0 bridgehead atoms. The van der Waals surface area contributed by atoms with Crippen LogP contribution in [0, 0.1) is 11.8 Å². The molecule has 0 atom stereocenters. The fraction of sp³-hybridized carbons (Fsp3) is 0.588. The predicted octanol–water partition coefficient (Wildman–Crippen LogP) is 3.25. The number of nitrogens with zero attached hydrogens (tertiary/aromatic N) is 1. The first-order valence-corrected chi connectivity index (χ1v) is 10.8. The van der Waals surface area contributed by atoms with E-state index in [1.54, 1.807) is 12.1 Å². The maximum absolute atomic E-state index is 12.3. The summed E-state index contributed by atoms with van der Waals surface area (Å²) in [6, 6.07) is 5.34. The van der Waals surface area contributed by atoms with Crippen LogP contribution >= 0.6 is 23.5 Å². The lowest BCUT2D eigenvalue weighted by Gasteiger charge is -2.21. The SMILES string of the molecule is O=C(Nc1cccc(NC(=O)C2CCSCC2)n1)C1CCSCC1. The molecular formula is C17H23N3O2S2. The number of hydrogen-bond donors (Lipinski definition) is 2. The van der Waals surface area contributed by atoms with Gasteiger partial charge in [-0.05, 0) is 60.8 Å². The summed E-state index contributed by atoms with van der Waals surface area (Å²) in [6.45, 7) is 0. The van der Waals surface area contributed by atoms with Crippen LogP contribution < -0.4 is 10.6 Å². The van der Waals surface area contributed by atoms with Crippen LogP contribution in [0.4, 0.5) is 11.6 Å². The molecule has 3 rings (SSSR count). The summed E-state index contributed by atoms with van der Waals surface area (Å²) >= 11 is 3.80. The summed E-state index contributed by atoms with van der Waals surface area (Å²) in [5, 5.41) is 5.78. The highest BCUT2D eigenvalue weighted by molar-refractivity contribution is 7.99. The van der Waals surface area contributed by atoms with E-state index in [0.717, 1.165) is 48.7 Å². The van der Waals surface area contributed by atoms with Crippen molar-refractivity contribution in [1.82, 2.24) is 4.98 Å². The molecule has 2 saturated heterocycles. The largest absolute Gasteiger partial charge is 0.310 e. The third-order valence-electron chi connectivity index (χ3n) is 4.44. The summed E-state index contributed by atoms with van der Waals surface area (Å²) < 4.78 is 0. The molecule has 2 aliphatic rings. The van der Waals surface area contributed by atoms with Gasteiger partial charge in [0.2, 0.25) is 11.8 Å². The molecule has 2 N–H and O–H groups in total. The van der Waals surface area contributed by atoms with Gasteiger partial charge in [-0.1, -0.05) is 6.07 Å². The van der Waals surface area contributed by atoms with Crippen LogP contribution in [0.25, 0.3) is 0 Å². The van der Waals surface area contributed by atoms with E-state index < -0.39 is 0 Å². The first-order valence-electron chi connectivity index (χ1n) is 8.46. The average molecular weight is 366 g/mol. The Kier molecular flexibility index (Phi) is 6.43. The van der Waals surface area contributed by atoms with Crippen LogP contribution in [0.1, 0.15) is 25.7 Å². The standard InChI is InChI=1S/C17H23N3O2S2/c21-16(12-4-8-23-9-5-12)19-14-2-1-3-15(18-14)20-17(22)13-6-10-24-11-7-13/h1-3,12-13H,4-11H2,(H2,18,19,20,21,22). The normalized spacial score (nSPS) is 19.7. The monoisotopic (exact) mass is 365 g/mol. The Balaban J connectivity index is 1.57. The van der Waals surface area contributed by atoms with Crippen molar-refractivity contribution in [3.05, 3.63) is 18.2 Å². The van der Waals surface area contributed by atoms with E-state index in [-0.39, 0.29) is 23.7 Å². The summed E-state index contributed by atoms with van der Waals surface area (Å²) in [5.74, 6) is 5.42. The number of carbonyl (C=O) groups is 2. The Bertz CT molecular complexity index is 538. The van der Waals surface area contributed by atoms with Gasteiger partial charge in [-0.15, -0.1) is 0 Å². The topological polar surface area (TPSA) is 71.1 Å². The fourth-order valence-electron chi connectivity index (χ4n) is 2.95. The molecule has 1 aromatic heterocycles. The Morgan fingerprint density at radius 2 is 1.25 bits per heavy atom. The van der Waals surface area contributed by atoms with Gasteiger partial charge in [0, 0.05) is 11.8 Å². The van der Waals surface area contributed by atoms with Gasteiger partial charge in [-0.3, -0.25) is 9.59 Å². The fourth-order valence-corrected chi connectivity index (χ4v) is 5.16. The zero-order chi connectivity index (χ0) is 16.8. The van der Waals surface area contributed by atoms with E-state index in [1.807, 2.05) is 29.6 Å². The van der Waals surface area contributed by atoms with E-state index in [0.29, 0.717) is 11.6 Å². The molecule has 1 aromatic rings. The van der Waals surface area contributed by atoms with E-state index in [4.69, 9.17) is 0 Å². The van der Waals surface area contributed by atoms with Crippen molar-refractivity contribution >= 4 is 47.0 Å². The summed E-state index contributed by atoms with van der Waals surface area (Å²) in [6.07, 6.45) is 3.69. The number of pyridine rings is 1. The van der Waals surface area contributed by atoms with Crippen LogP contribution in [-0.2, 0) is 9.59 Å². The molecule has 24 heavy (non-hydrogen) atoms. The minimum atomic E-state index is 0.0376. The van der Waals surface area contributed by atoms with Gasteiger partial charge in [0.15, 0.2) is 0 Å². The highest BCUT2D eigenvalue weighted by Crippen LogP contribution is 2.25. The number of rotatable bonds is 4. The first kappa shape index (κ1) is 17.6. The molecule has 0 spiro atoms. The van der Waals surface area contributed by atoms with Gasteiger partial charge in [-0.2, -0.15) is 23.5 Å². The highest BCUT2D eigenvalue weighted by Gasteiger charge is 2.23. The van der Waals surface area contributed by atoms with Crippen LogP contribution in [0.3, 0.4) is 0 Å². The van der Waals surface area contributed by atoms with Crippen molar-refractivity contribution in [2.45, 2.75) is 25.7 Å². The first-order chi connectivity index (χ1) is 11.7. The molecule has 0 radical (unpaired) electrons. The summed E-state index contributed by atoms with van der Waals surface area (Å²) in [5.41, 5.74) is 0. The zero-order valence-corrected chi connectivity index (χ0v) is 15.3. The molecule has 0 unspecified atom stereocenters. The van der Waals surface area contributed by atoms with Gasteiger partial charge >= 0.3 is 0 Å². The molecule has 2 fully saturated rings. The molecule has 7 heteroatoms. The maximum Gasteiger partial charge on any atom is 0.228 e. The maximum atomic E-state index is 12.3. The van der Waals surface area contributed by atoms with Crippen molar-refractivity contribution < 1.29 is 9.59 Å². The summed E-state index contributed by atoms with van der Waals surface area (Å²) in [4.78, 5) is 29.0. The van der Waals surface area contributed by atoms with E-state index in [2.05, 4.69) is 15.6 Å². The third-order valence-corrected chi connectivity index (χ3v) is 6.53.